The minimum absolute atomic E-state index is 0.876. The maximum Gasteiger partial charge on any atom is 0.0888 e. The Kier molecular flexibility index (Phi) is 4.22. The lowest BCUT2D eigenvalue weighted by Crippen LogP contribution is -2.14. The molecule has 3 heteroatoms. The summed E-state index contributed by atoms with van der Waals surface area (Å²) < 4.78 is 0. The Morgan fingerprint density at radius 3 is 2.82 bits per heavy atom. The van der Waals surface area contributed by atoms with Crippen LogP contribution in [-0.4, -0.2) is 16.5 Å². The summed E-state index contributed by atoms with van der Waals surface area (Å²) >= 11 is 0. The minimum atomic E-state index is 0.876. The van der Waals surface area contributed by atoms with Gasteiger partial charge in [-0.1, -0.05) is 31.2 Å². The largest absolute Gasteiger partial charge is 0.313 e. The van der Waals surface area contributed by atoms with Crippen LogP contribution in [0.2, 0.25) is 0 Å². The number of aromatic nitrogens is 2. The van der Waals surface area contributed by atoms with Crippen LogP contribution in [0.1, 0.15) is 18.9 Å². The van der Waals surface area contributed by atoms with Crippen LogP contribution in [0.3, 0.4) is 0 Å². The molecular formula is C14H17N3. The zero-order valence-corrected chi connectivity index (χ0v) is 10.1. The molecule has 1 aromatic heterocycles. The van der Waals surface area contributed by atoms with E-state index in [4.69, 9.17) is 0 Å². The second-order valence-corrected chi connectivity index (χ2v) is 3.92. The van der Waals surface area contributed by atoms with Gasteiger partial charge in [-0.15, -0.1) is 0 Å². The number of nitrogens with one attached hydrogen (secondary N) is 1. The molecule has 0 atom stereocenters. The maximum atomic E-state index is 4.35. The van der Waals surface area contributed by atoms with Gasteiger partial charge in [-0.05, 0) is 18.5 Å². The SMILES string of the molecule is CCCNCc1ccccc1-c1cnccn1. The average molecular weight is 227 g/mol. The quantitative estimate of drug-likeness (QED) is 0.798. The highest BCUT2D eigenvalue weighted by molar-refractivity contribution is 5.62. The molecule has 0 unspecified atom stereocenters. The van der Waals surface area contributed by atoms with Crippen LogP contribution in [0.4, 0.5) is 0 Å². The summed E-state index contributed by atoms with van der Waals surface area (Å²) in [6.45, 7) is 4.08. The van der Waals surface area contributed by atoms with Crippen LogP contribution in [0, 0.1) is 0 Å². The Labute approximate surface area is 102 Å². The van der Waals surface area contributed by atoms with E-state index in [2.05, 4.69) is 40.4 Å². The fourth-order valence-corrected chi connectivity index (χ4v) is 1.76. The number of hydrogen-bond acceptors (Lipinski definition) is 3. The van der Waals surface area contributed by atoms with E-state index in [1.165, 1.54) is 5.56 Å². The molecule has 0 spiro atoms. The first-order chi connectivity index (χ1) is 8.42. The first-order valence-corrected chi connectivity index (χ1v) is 5.97. The third-order valence-corrected chi connectivity index (χ3v) is 2.60. The maximum absolute atomic E-state index is 4.35. The van der Waals surface area contributed by atoms with Crippen molar-refractivity contribution in [3.63, 3.8) is 0 Å². The van der Waals surface area contributed by atoms with E-state index in [1.54, 1.807) is 18.6 Å². The second-order valence-electron chi connectivity index (χ2n) is 3.92. The Bertz CT molecular complexity index is 454. The standard InChI is InChI=1S/C14H17N3/c1-2-7-15-10-12-5-3-4-6-13(12)14-11-16-8-9-17-14/h3-6,8-9,11,15H,2,7,10H2,1H3. The van der Waals surface area contributed by atoms with Crippen LogP contribution in [0.5, 0.6) is 0 Å². The van der Waals surface area contributed by atoms with Gasteiger partial charge in [0.15, 0.2) is 0 Å². The lowest BCUT2D eigenvalue weighted by molar-refractivity contribution is 0.676. The smallest absolute Gasteiger partial charge is 0.0888 e. The van der Waals surface area contributed by atoms with E-state index in [1.807, 2.05) is 6.07 Å². The molecule has 0 aliphatic rings. The molecule has 2 aromatic rings. The number of nitrogens with zero attached hydrogens (tertiary/aromatic N) is 2. The summed E-state index contributed by atoms with van der Waals surface area (Å²) in [5.74, 6) is 0. The third-order valence-electron chi connectivity index (χ3n) is 2.60. The lowest BCUT2D eigenvalue weighted by atomic mass is 10.0. The molecule has 2 rings (SSSR count). The summed E-state index contributed by atoms with van der Waals surface area (Å²) in [5, 5.41) is 3.41. The van der Waals surface area contributed by atoms with Crippen molar-refractivity contribution in [1.29, 1.82) is 0 Å². The highest BCUT2D eigenvalue weighted by Crippen LogP contribution is 2.20. The van der Waals surface area contributed by atoms with Crippen molar-refractivity contribution < 1.29 is 0 Å². The molecule has 17 heavy (non-hydrogen) atoms. The van der Waals surface area contributed by atoms with Crippen molar-refractivity contribution in [1.82, 2.24) is 15.3 Å². The van der Waals surface area contributed by atoms with E-state index >= 15 is 0 Å². The molecule has 1 aromatic carbocycles. The van der Waals surface area contributed by atoms with Gasteiger partial charge >= 0.3 is 0 Å². The number of hydrogen-bond donors (Lipinski definition) is 1. The van der Waals surface area contributed by atoms with Gasteiger partial charge in [0.05, 0.1) is 11.9 Å². The molecule has 0 fully saturated rings. The molecule has 0 saturated carbocycles. The Balaban J connectivity index is 2.22. The van der Waals surface area contributed by atoms with Gasteiger partial charge in [0, 0.05) is 24.5 Å². The molecule has 0 amide bonds. The van der Waals surface area contributed by atoms with Crippen LogP contribution in [0.25, 0.3) is 11.3 Å². The number of rotatable bonds is 5. The van der Waals surface area contributed by atoms with Gasteiger partial charge < -0.3 is 5.32 Å². The van der Waals surface area contributed by atoms with E-state index in [9.17, 15) is 0 Å². The van der Waals surface area contributed by atoms with E-state index < -0.39 is 0 Å². The van der Waals surface area contributed by atoms with Crippen molar-refractivity contribution in [3.8, 4) is 11.3 Å². The zero-order valence-electron chi connectivity index (χ0n) is 10.1. The van der Waals surface area contributed by atoms with Crippen LogP contribution in [-0.2, 0) is 6.54 Å². The van der Waals surface area contributed by atoms with Crippen molar-refractivity contribution in [3.05, 3.63) is 48.4 Å². The van der Waals surface area contributed by atoms with Crippen molar-refractivity contribution in [2.45, 2.75) is 19.9 Å². The third kappa shape index (κ3) is 3.11. The first kappa shape index (κ1) is 11.7. The highest BCUT2D eigenvalue weighted by Gasteiger charge is 2.04. The van der Waals surface area contributed by atoms with Gasteiger partial charge in [0.25, 0.3) is 0 Å². The van der Waals surface area contributed by atoms with Gasteiger partial charge in [-0.3, -0.25) is 9.97 Å². The first-order valence-electron chi connectivity index (χ1n) is 5.97. The lowest BCUT2D eigenvalue weighted by Gasteiger charge is -2.09. The fourth-order valence-electron chi connectivity index (χ4n) is 1.76. The molecule has 1 heterocycles. The summed E-state index contributed by atoms with van der Waals surface area (Å²) in [5.41, 5.74) is 3.35. The van der Waals surface area contributed by atoms with E-state index in [-0.39, 0.29) is 0 Å². The van der Waals surface area contributed by atoms with Crippen LogP contribution < -0.4 is 5.32 Å². The molecule has 0 bridgehead atoms. The van der Waals surface area contributed by atoms with Gasteiger partial charge in [0.1, 0.15) is 0 Å². The minimum Gasteiger partial charge on any atom is -0.313 e. The van der Waals surface area contributed by atoms with Crippen LogP contribution in [0.15, 0.2) is 42.9 Å². The monoisotopic (exact) mass is 227 g/mol. The molecule has 0 saturated heterocycles. The Hall–Kier alpha value is -1.74. The fraction of sp³-hybridized carbons (Fsp3) is 0.286. The Morgan fingerprint density at radius 1 is 1.18 bits per heavy atom. The predicted octanol–water partition coefficient (Wildman–Crippen LogP) is 2.64. The molecular weight excluding hydrogens is 210 g/mol. The summed E-state index contributed by atoms with van der Waals surface area (Å²) in [7, 11) is 0. The predicted molar refractivity (Wildman–Crippen MR) is 69.5 cm³/mol. The zero-order chi connectivity index (χ0) is 11.9. The normalized spacial score (nSPS) is 10.4. The summed E-state index contributed by atoms with van der Waals surface area (Å²) in [4.78, 5) is 8.46. The summed E-state index contributed by atoms with van der Waals surface area (Å²) in [6, 6.07) is 8.32. The van der Waals surface area contributed by atoms with E-state index in [0.29, 0.717) is 0 Å². The molecule has 1 N–H and O–H groups in total. The average Bonchev–Trinajstić information content (AvgIpc) is 2.41. The second kappa shape index (κ2) is 6.11. The van der Waals surface area contributed by atoms with Crippen molar-refractivity contribution >= 4 is 0 Å². The molecule has 0 radical (unpaired) electrons. The molecule has 88 valence electrons. The molecule has 3 nitrogen and oxygen atoms in total. The van der Waals surface area contributed by atoms with Crippen molar-refractivity contribution in [2.75, 3.05) is 6.54 Å². The topological polar surface area (TPSA) is 37.8 Å². The number of benzene rings is 1. The Morgan fingerprint density at radius 2 is 2.06 bits per heavy atom. The molecule has 0 aliphatic heterocycles. The van der Waals surface area contributed by atoms with E-state index in [0.717, 1.165) is 30.8 Å². The van der Waals surface area contributed by atoms with Crippen LogP contribution >= 0.6 is 0 Å². The van der Waals surface area contributed by atoms with Gasteiger partial charge in [-0.25, -0.2) is 0 Å². The summed E-state index contributed by atoms with van der Waals surface area (Å²) in [6.07, 6.45) is 6.37. The van der Waals surface area contributed by atoms with Gasteiger partial charge in [0.2, 0.25) is 0 Å². The molecule has 0 aliphatic carbocycles. The highest BCUT2D eigenvalue weighted by atomic mass is 14.8. The van der Waals surface area contributed by atoms with Gasteiger partial charge in [-0.2, -0.15) is 0 Å². The van der Waals surface area contributed by atoms with Crippen molar-refractivity contribution in [2.24, 2.45) is 0 Å².